The molecule has 1 aliphatic rings. The molecule has 0 aliphatic carbocycles. The molecule has 1 aromatic rings. The van der Waals surface area contributed by atoms with Gasteiger partial charge >= 0.3 is 0 Å². The van der Waals surface area contributed by atoms with Gasteiger partial charge in [-0.15, -0.1) is 0 Å². The zero-order chi connectivity index (χ0) is 19.5. The minimum Gasteiger partial charge on any atom is -0.495 e. The van der Waals surface area contributed by atoms with E-state index in [0.717, 1.165) is 10.7 Å². The van der Waals surface area contributed by atoms with Crippen LogP contribution in [-0.4, -0.2) is 56.7 Å². The lowest BCUT2D eigenvalue weighted by molar-refractivity contribution is -0.116. The second-order valence-corrected chi connectivity index (χ2v) is 9.39. The van der Waals surface area contributed by atoms with E-state index in [1.807, 2.05) is 13.8 Å². The van der Waals surface area contributed by atoms with Gasteiger partial charge in [0.1, 0.15) is 5.75 Å². The van der Waals surface area contributed by atoms with E-state index in [0.29, 0.717) is 41.4 Å². The van der Waals surface area contributed by atoms with Gasteiger partial charge in [-0.25, -0.2) is 0 Å². The van der Waals surface area contributed by atoms with E-state index in [-0.39, 0.29) is 6.54 Å². The molecule has 1 N–H and O–H groups in total. The fourth-order valence-corrected chi connectivity index (χ4v) is 4.98. The Morgan fingerprint density at radius 1 is 1.35 bits per heavy atom. The van der Waals surface area contributed by atoms with E-state index >= 15 is 0 Å². The fourth-order valence-electron chi connectivity index (χ4n) is 3.24. The van der Waals surface area contributed by atoms with Gasteiger partial charge in [0.2, 0.25) is 5.91 Å². The zero-order valence-corrected chi connectivity index (χ0v) is 17.1. The fraction of sp³-hybridized carbons (Fsp3) is 0.588. The van der Waals surface area contributed by atoms with Crippen molar-refractivity contribution in [2.24, 2.45) is 11.8 Å². The highest BCUT2D eigenvalue weighted by Crippen LogP contribution is 2.28. The monoisotopic (exact) mass is 403 g/mol. The highest BCUT2D eigenvalue weighted by atomic mass is 35.5. The van der Waals surface area contributed by atoms with Crippen molar-refractivity contribution in [1.82, 2.24) is 8.61 Å². The van der Waals surface area contributed by atoms with Gasteiger partial charge in [-0.2, -0.15) is 17.0 Å². The quantitative estimate of drug-likeness (QED) is 0.791. The normalized spacial score (nSPS) is 21.6. The summed E-state index contributed by atoms with van der Waals surface area (Å²) in [6.45, 7) is 4.73. The summed E-state index contributed by atoms with van der Waals surface area (Å²) in [5.41, 5.74) is 0.399. The first-order valence-corrected chi connectivity index (χ1v) is 10.3. The van der Waals surface area contributed by atoms with Crippen LogP contribution >= 0.6 is 11.6 Å². The minimum atomic E-state index is -3.69. The summed E-state index contributed by atoms with van der Waals surface area (Å²) in [7, 11) is -0.799. The Morgan fingerprint density at radius 3 is 2.54 bits per heavy atom. The van der Waals surface area contributed by atoms with Gasteiger partial charge in [0, 0.05) is 25.2 Å². The number of benzene rings is 1. The van der Waals surface area contributed by atoms with Gasteiger partial charge in [-0.05, 0) is 36.5 Å². The average Bonchev–Trinajstić information content (AvgIpc) is 2.54. The van der Waals surface area contributed by atoms with Gasteiger partial charge in [-0.1, -0.05) is 25.4 Å². The van der Waals surface area contributed by atoms with Gasteiger partial charge in [-0.3, -0.25) is 4.79 Å². The predicted molar refractivity (Wildman–Crippen MR) is 103 cm³/mol. The third-order valence-corrected chi connectivity index (χ3v) is 6.46. The van der Waals surface area contributed by atoms with Crippen LogP contribution in [0.2, 0.25) is 5.02 Å². The molecule has 26 heavy (non-hydrogen) atoms. The lowest BCUT2D eigenvalue weighted by Crippen LogP contribution is -2.49. The summed E-state index contributed by atoms with van der Waals surface area (Å²) in [5, 5.41) is 3.10. The highest BCUT2D eigenvalue weighted by molar-refractivity contribution is 7.86. The van der Waals surface area contributed by atoms with Crippen molar-refractivity contribution < 1.29 is 17.9 Å². The number of halogens is 1. The van der Waals surface area contributed by atoms with Crippen LogP contribution < -0.4 is 10.1 Å². The molecule has 1 fully saturated rings. The second-order valence-electron chi connectivity index (χ2n) is 6.92. The van der Waals surface area contributed by atoms with Crippen LogP contribution in [0.1, 0.15) is 20.3 Å². The average molecular weight is 404 g/mol. The van der Waals surface area contributed by atoms with Crippen molar-refractivity contribution in [3.8, 4) is 5.75 Å². The summed E-state index contributed by atoms with van der Waals surface area (Å²) < 4.78 is 33.2. The van der Waals surface area contributed by atoms with Crippen molar-refractivity contribution in [2.75, 3.05) is 39.1 Å². The first-order valence-electron chi connectivity index (χ1n) is 8.48. The number of rotatable bonds is 6. The van der Waals surface area contributed by atoms with Gasteiger partial charge in [0.05, 0.1) is 19.3 Å². The Labute approximate surface area is 160 Å². The molecule has 1 aliphatic heterocycles. The smallest absolute Gasteiger partial charge is 0.282 e. The van der Waals surface area contributed by atoms with Crippen molar-refractivity contribution in [3.63, 3.8) is 0 Å². The lowest BCUT2D eigenvalue weighted by Gasteiger charge is -2.36. The molecule has 0 unspecified atom stereocenters. The number of hydrogen-bond acceptors (Lipinski definition) is 4. The molecular formula is C17H26ClN3O4S. The van der Waals surface area contributed by atoms with Crippen molar-refractivity contribution >= 4 is 33.4 Å². The van der Waals surface area contributed by atoms with E-state index in [2.05, 4.69) is 5.32 Å². The number of carbonyl (C=O) groups excluding carboxylic acids is 1. The molecule has 1 amide bonds. The number of nitrogens with zero attached hydrogens (tertiary/aromatic N) is 2. The van der Waals surface area contributed by atoms with Gasteiger partial charge < -0.3 is 10.1 Å². The summed E-state index contributed by atoms with van der Waals surface area (Å²) in [4.78, 5) is 12.3. The number of hydrogen-bond donors (Lipinski definition) is 1. The molecule has 1 heterocycles. The maximum Gasteiger partial charge on any atom is 0.282 e. The van der Waals surface area contributed by atoms with Gasteiger partial charge in [0.15, 0.2) is 0 Å². The molecule has 1 saturated heterocycles. The number of anilines is 1. The van der Waals surface area contributed by atoms with Crippen LogP contribution in [0.5, 0.6) is 5.75 Å². The number of piperidine rings is 1. The highest BCUT2D eigenvalue weighted by Gasteiger charge is 2.33. The SMILES string of the molecule is COc1ccc(Cl)cc1NC(=O)CN(C)S(=O)(=O)N1C[C@H](C)C[C@@H](C)C1. The van der Waals surface area contributed by atoms with Crippen LogP contribution in [0, 0.1) is 11.8 Å². The number of methoxy groups -OCH3 is 1. The van der Waals surface area contributed by atoms with Gasteiger partial charge in [0.25, 0.3) is 10.2 Å². The molecule has 0 radical (unpaired) electrons. The number of amides is 1. The Kier molecular flexibility index (Phi) is 6.90. The van der Waals surface area contributed by atoms with Crippen LogP contribution in [0.4, 0.5) is 5.69 Å². The first-order chi connectivity index (χ1) is 12.1. The second kappa shape index (κ2) is 8.56. The molecule has 0 bridgehead atoms. The Bertz CT molecular complexity index is 746. The Hall–Kier alpha value is -1.35. The maximum absolute atomic E-state index is 12.8. The molecule has 2 atom stereocenters. The predicted octanol–water partition coefficient (Wildman–Crippen LogP) is 2.44. The molecule has 1 aromatic carbocycles. The summed E-state index contributed by atoms with van der Waals surface area (Å²) in [6.07, 6.45) is 1.00. The summed E-state index contributed by atoms with van der Waals surface area (Å²) in [6, 6.07) is 4.83. The van der Waals surface area contributed by atoms with E-state index in [9.17, 15) is 13.2 Å². The topological polar surface area (TPSA) is 79.0 Å². The number of carbonyl (C=O) groups is 1. The Morgan fingerprint density at radius 2 is 1.96 bits per heavy atom. The molecule has 2 rings (SSSR count). The van der Waals surface area contributed by atoms with Crippen LogP contribution in [0.3, 0.4) is 0 Å². The number of ether oxygens (including phenoxy) is 1. The van der Waals surface area contributed by atoms with Crippen molar-refractivity contribution in [2.45, 2.75) is 20.3 Å². The standard InChI is InChI=1S/C17H26ClN3O4S/c1-12-7-13(2)10-21(9-12)26(23,24)20(3)11-17(22)19-15-8-14(18)5-6-16(15)25-4/h5-6,8,12-13H,7,9-11H2,1-4H3,(H,19,22)/t12-,13-/m1/s1. The molecule has 7 nitrogen and oxygen atoms in total. The van der Waals surface area contributed by atoms with Crippen LogP contribution in [0.15, 0.2) is 18.2 Å². The third kappa shape index (κ3) is 5.09. The maximum atomic E-state index is 12.8. The third-order valence-electron chi connectivity index (χ3n) is 4.36. The zero-order valence-electron chi connectivity index (χ0n) is 15.5. The molecule has 0 aromatic heterocycles. The number of likely N-dealkylation sites (N-methyl/N-ethyl adjacent to an activating group) is 1. The number of nitrogens with one attached hydrogen (secondary N) is 1. The van der Waals surface area contributed by atoms with E-state index in [1.54, 1.807) is 18.2 Å². The van der Waals surface area contributed by atoms with Crippen LogP contribution in [0.25, 0.3) is 0 Å². The molecule has 0 saturated carbocycles. The summed E-state index contributed by atoms with van der Waals surface area (Å²) in [5.74, 6) is 0.583. The van der Waals surface area contributed by atoms with E-state index < -0.39 is 16.1 Å². The molecule has 9 heteroatoms. The van der Waals surface area contributed by atoms with E-state index in [1.165, 1.54) is 18.5 Å². The van der Waals surface area contributed by atoms with E-state index in [4.69, 9.17) is 16.3 Å². The largest absolute Gasteiger partial charge is 0.495 e. The summed E-state index contributed by atoms with van der Waals surface area (Å²) >= 11 is 5.94. The molecular weight excluding hydrogens is 378 g/mol. The van der Waals surface area contributed by atoms with Crippen molar-refractivity contribution in [3.05, 3.63) is 23.2 Å². The van der Waals surface area contributed by atoms with Crippen molar-refractivity contribution in [1.29, 1.82) is 0 Å². The minimum absolute atomic E-state index is 0.294. The molecule has 0 spiro atoms. The van der Waals surface area contributed by atoms with Crippen LogP contribution in [-0.2, 0) is 15.0 Å². The first kappa shape index (κ1) is 21.0. The molecule has 146 valence electrons. The lowest BCUT2D eigenvalue weighted by atomic mass is 9.94. The Balaban J connectivity index is 2.05.